The molecule has 4 nitrogen and oxygen atoms in total. The number of methoxy groups -OCH3 is 2. The van der Waals surface area contributed by atoms with Gasteiger partial charge in [0.15, 0.2) is 11.5 Å². The molecule has 1 heterocycles. The fourth-order valence-corrected chi connectivity index (χ4v) is 2.82. The summed E-state index contributed by atoms with van der Waals surface area (Å²) in [6.07, 6.45) is 2.13. The molecule has 1 fully saturated rings. The van der Waals surface area contributed by atoms with Gasteiger partial charge in [-0.05, 0) is 37.5 Å². The Kier molecular flexibility index (Phi) is 3.90. The minimum Gasteiger partial charge on any atom is -0.493 e. The van der Waals surface area contributed by atoms with E-state index in [4.69, 9.17) is 21.1 Å². The molecule has 0 aromatic heterocycles. The topological polar surface area (TPSA) is 47.6 Å². The van der Waals surface area contributed by atoms with Crippen molar-refractivity contribution in [3.05, 3.63) is 22.7 Å². The van der Waals surface area contributed by atoms with E-state index in [1.165, 1.54) is 0 Å². The largest absolute Gasteiger partial charge is 0.493 e. The Bertz CT molecular complexity index is 504. The first kappa shape index (κ1) is 14.0. The lowest BCUT2D eigenvalue weighted by Crippen LogP contribution is -2.40. The van der Waals surface area contributed by atoms with Crippen LogP contribution in [0, 0.1) is 0 Å². The van der Waals surface area contributed by atoms with Gasteiger partial charge < -0.3 is 14.8 Å². The average Bonchev–Trinajstić information content (AvgIpc) is 2.68. The van der Waals surface area contributed by atoms with Gasteiger partial charge in [-0.1, -0.05) is 11.6 Å². The summed E-state index contributed by atoms with van der Waals surface area (Å²) in [4.78, 5) is 11.4. The molecule has 1 N–H and O–H groups in total. The molecule has 0 aliphatic carbocycles. The molecule has 0 bridgehead atoms. The van der Waals surface area contributed by atoms with Crippen molar-refractivity contribution in [1.82, 2.24) is 5.32 Å². The summed E-state index contributed by atoms with van der Waals surface area (Å²) < 4.78 is 10.5. The third-order valence-corrected chi connectivity index (χ3v) is 3.71. The lowest BCUT2D eigenvalue weighted by Gasteiger charge is -2.24. The van der Waals surface area contributed by atoms with Gasteiger partial charge in [0.1, 0.15) is 0 Å². The van der Waals surface area contributed by atoms with Crippen molar-refractivity contribution in [2.24, 2.45) is 0 Å². The Morgan fingerprint density at radius 1 is 1.37 bits per heavy atom. The van der Waals surface area contributed by atoms with E-state index in [-0.39, 0.29) is 11.4 Å². The van der Waals surface area contributed by atoms with Crippen LogP contribution in [0.4, 0.5) is 0 Å². The second-order valence-electron chi connectivity index (χ2n) is 5.10. The number of rotatable bonds is 4. The van der Waals surface area contributed by atoms with Crippen LogP contribution in [-0.4, -0.2) is 25.7 Å². The van der Waals surface area contributed by atoms with Crippen molar-refractivity contribution in [3.8, 4) is 11.5 Å². The first-order valence-electron chi connectivity index (χ1n) is 6.19. The van der Waals surface area contributed by atoms with Gasteiger partial charge in [-0.15, -0.1) is 0 Å². The first-order valence-corrected chi connectivity index (χ1v) is 6.56. The summed E-state index contributed by atoms with van der Waals surface area (Å²) in [5.74, 6) is 1.25. The summed E-state index contributed by atoms with van der Waals surface area (Å²) in [6, 6.07) is 3.76. The number of nitrogens with one attached hydrogen (secondary N) is 1. The summed E-state index contributed by atoms with van der Waals surface area (Å²) in [5.41, 5.74) is 0.812. The number of hydrogen-bond donors (Lipinski definition) is 1. The highest BCUT2D eigenvalue weighted by molar-refractivity contribution is 6.32. The zero-order chi connectivity index (χ0) is 14.0. The maximum atomic E-state index is 11.4. The molecule has 0 spiro atoms. The Balaban J connectivity index is 2.26. The fraction of sp³-hybridized carbons (Fsp3) is 0.500. The average molecular weight is 284 g/mol. The van der Waals surface area contributed by atoms with Crippen LogP contribution in [0.3, 0.4) is 0 Å². The van der Waals surface area contributed by atoms with Gasteiger partial charge in [0, 0.05) is 12.0 Å². The van der Waals surface area contributed by atoms with Gasteiger partial charge in [-0.2, -0.15) is 0 Å². The zero-order valence-electron chi connectivity index (χ0n) is 11.4. The third kappa shape index (κ3) is 2.95. The second kappa shape index (κ2) is 5.29. The van der Waals surface area contributed by atoms with Gasteiger partial charge in [0.05, 0.1) is 19.2 Å². The van der Waals surface area contributed by atoms with Crippen molar-refractivity contribution in [1.29, 1.82) is 0 Å². The van der Waals surface area contributed by atoms with E-state index in [2.05, 4.69) is 5.32 Å². The smallest absolute Gasteiger partial charge is 0.220 e. The van der Waals surface area contributed by atoms with E-state index in [0.717, 1.165) is 18.4 Å². The lowest BCUT2D eigenvalue weighted by atomic mass is 9.91. The number of halogens is 1. The van der Waals surface area contributed by atoms with Crippen LogP contribution < -0.4 is 14.8 Å². The molecule has 1 atom stereocenters. The van der Waals surface area contributed by atoms with Crippen molar-refractivity contribution in [3.63, 3.8) is 0 Å². The number of benzene rings is 1. The fourth-order valence-electron chi connectivity index (χ4n) is 2.51. The van der Waals surface area contributed by atoms with Gasteiger partial charge in [-0.3, -0.25) is 4.79 Å². The van der Waals surface area contributed by atoms with E-state index in [0.29, 0.717) is 22.9 Å². The molecule has 1 amide bonds. The standard InChI is InChI=1S/C14H18ClNO3/c1-14(5-4-12(17)16-14)8-9-6-10(15)13(19-3)11(7-9)18-2/h6-7H,4-5,8H2,1-3H3,(H,16,17). The van der Waals surface area contributed by atoms with Gasteiger partial charge in [0.25, 0.3) is 0 Å². The zero-order valence-corrected chi connectivity index (χ0v) is 12.1. The minimum absolute atomic E-state index is 0.106. The molecule has 0 radical (unpaired) electrons. The predicted molar refractivity (Wildman–Crippen MR) is 74.0 cm³/mol. The number of carbonyl (C=O) groups is 1. The molecule has 1 aromatic carbocycles. The summed E-state index contributed by atoms with van der Waals surface area (Å²) in [6.45, 7) is 2.04. The highest BCUT2D eigenvalue weighted by Gasteiger charge is 2.33. The SMILES string of the molecule is COc1cc(CC2(C)CCC(=O)N2)cc(Cl)c1OC. The molecule has 0 saturated carbocycles. The normalized spacial score (nSPS) is 22.2. The van der Waals surface area contributed by atoms with Crippen LogP contribution in [-0.2, 0) is 11.2 Å². The molecule has 1 aromatic rings. The first-order chi connectivity index (χ1) is 8.97. The monoisotopic (exact) mass is 283 g/mol. The number of amides is 1. The van der Waals surface area contributed by atoms with E-state index in [1.807, 2.05) is 19.1 Å². The summed E-state index contributed by atoms with van der Waals surface area (Å²) >= 11 is 6.18. The molecule has 1 aliphatic heterocycles. The van der Waals surface area contributed by atoms with Crippen LogP contribution >= 0.6 is 11.6 Å². The highest BCUT2D eigenvalue weighted by Crippen LogP contribution is 2.37. The molecule has 1 unspecified atom stereocenters. The van der Waals surface area contributed by atoms with E-state index < -0.39 is 0 Å². The van der Waals surface area contributed by atoms with Crippen molar-refractivity contribution < 1.29 is 14.3 Å². The van der Waals surface area contributed by atoms with Crippen LogP contribution in [0.25, 0.3) is 0 Å². The van der Waals surface area contributed by atoms with Gasteiger partial charge in [0.2, 0.25) is 5.91 Å². The number of hydrogen-bond acceptors (Lipinski definition) is 3. The Morgan fingerprint density at radius 2 is 2.11 bits per heavy atom. The molecule has 1 saturated heterocycles. The predicted octanol–water partition coefficient (Wildman–Crippen LogP) is 2.57. The molecule has 19 heavy (non-hydrogen) atoms. The van der Waals surface area contributed by atoms with Crippen LogP contribution in [0.1, 0.15) is 25.3 Å². The maximum absolute atomic E-state index is 11.4. The van der Waals surface area contributed by atoms with Crippen LogP contribution in [0.15, 0.2) is 12.1 Å². The van der Waals surface area contributed by atoms with E-state index in [9.17, 15) is 4.79 Å². The molecular weight excluding hydrogens is 266 g/mol. The lowest BCUT2D eigenvalue weighted by molar-refractivity contribution is -0.119. The Morgan fingerprint density at radius 3 is 2.63 bits per heavy atom. The molecular formula is C14H18ClNO3. The molecule has 5 heteroatoms. The summed E-state index contributed by atoms with van der Waals surface area (Å²) in [5, 5.41) is 3.53. The maximum Gasteiger partial charge on any atom is 0.220 e. The molecule has 1 aliphatic rings. The highest BCUT2D eigenvalue weighted by atomic mass is 35.5. The number of ether oxygens (including phenoxy) is 2. The van der Waals surface area contributed by atoms with Crippen molar-refractivity contribution in [2.75, 3.05) is 14.2 Å². The van der Waals surface area contributed by atoms with E-state index >= 15 is 0 Å². The molecule has 2 rings (SSSR count). The van der Waals surface area contributed by atoms with Crippen LogP contribution in [0.2, 0.25) is 5.02 Å². The van der Waals surface area contributed by atoms with Crippen molar-refractivity contribution in [2.45, 2.75) is 31.7 Å². The van der Waals surface area contributed by atoms with Gasteiger partial charge >= 0.3 is 0 Å². The third-order valence-electron chi connectivity index (χ3n) is 3.43. The molecule has 104 valence electrons. The second-order valence-corrected chi connectivity index (χ2v) is 5.51. The quantitative estimate of drug-likeness (QED) is 0.924. The Labute approximate surface area is 118 Å². The number of carbonyl (C=O) groups excluding carboxylic acids is 1. The minimum atomic E-state index is -0.208. The van der Waals surface area contributed by atoms with Crippen LogP contribution in [0.5, 0.6) is 11.5 Å². The summed E-state index contributed by atoms with van der Waals surface area (Å²) in [7, 11) is 3.14. The Hall–Kier alpha value is -1.42. The van der Waals surface area contributed by atoms with E-state index in [1.54, 1.807) is 14.2 Å². The van der Waals surface area contributed by atoms with Crippen molar-refractivity contribution >= 4 is 17.5 Å². The van der Waals surface area contributed by atoms with Gasteiger partial charge in [-0.25, -0.2) is 0 Å².